The van der Waals surface area contributed by atoms with Gasteiger partial charge in [0.25, 0.3) is 11.6 Å². The van der Waals surface area contributed by atoms with Gasteiger partial charge in [-0.25, -0.2) is 4.79 Å². The molecule has 9 heteroatoms. The molecule has 1 aliphatic heterocycles. The number of hydrogen-bond donors (Lipinski definition) is 1. The Kier molecular flexibility index (Phi) is 6.74. The molecule has 1 atom stereocenters. The first kappa shape index (κ1) is 22.1. The van der Waals surface area contributed by atoms with Crippen LogP contribution in [0, 0.1) is 16.0 Å². The van der Waals surface area contributed by atoms with Crippen molar-refractivity contribution in [3.63, 3.8) is 0 Å². The van der Waals surface area contributed by atoms with Crippen LogP contribution in [0.2, 0.25) is 0 Å². The maximum absolute atomic E-state index is 13.0. The van der Waals surface area contributed by atoms with Gasteiger partial charge in [0.15, 0.2) is 11.5 Å². The summed E-state index contributed by atoms with van der Waals surface area (Å²) < 4.78 is 16.0. The first-order valence-electron chi connectivity index (χ1n) is 9.88. The molecule has 31 heavy (non-hydrogen) atoms. The average Bonchev–Trinajstić information content (AvgIpc) is 3.00. The lowest BCUT2D eigenvalue weighted by Gasteiger charge is -2.24. The number of rotatable bonds is 6. The second kappa shape index (κ2) is 9.46. The highest BCUT2D eigenvalue weighted by Crippen LogP contribution is 2.34. The van der Waals surface area contributed by atoms with Crippen LogP contribution >= 0.6 is 0 Å². The van der Waals surface area contributed by atoms with Crippen molar-refractivity contribution >= 4 is 17.6 Å². The van der Waals surface area contributed by atoms with Crippen molar-refractivity contribution in [2.24, 2.45) is 5.92 Å². The number of ether oxygens (including phenoxy) is 3. The van der Waals surface area contributed by atoms with Crippen LogP contribution in [0.4, 0.5) is 5.69 Å². The van der Waals surface area contributed by atoms with E-state index in [1.165, 1.54) is 13.2 Å². The summed E-state index contributed by atoms with van der Waals surface area (Å²) in [4.78, 5) is 35.4. The number of methoxy groups -OCH3 is 1. The molecule has 164 valence electrons. The number of amides is 1. The molecule has 0 fully saturated rings. The molecule has 0 saturated heterocycles. The standard InChI is InChI=1S/C22H24N2O7/c1-13(2)20(14-5-6-18-19(12-14)31-8-4-7-30-18)23-21(25)15-9-16(22(26)29-3)11-17(10-15)24(27)28/h5-6,9-13,20H,4,7-8H2,1-3H3,(H,23,25). The summed E-state index contributed by atoms with van der Waals surface area (Å²) in [6.45, 7) is 5.01. The molecular weight excluding hydrogens is 404 g/mol. The fourth-order valence-electron chi connectivity index (χ4n) is 3.32. The van der Waals surface area contributed by atoms with E-state index in [0.717, 1.165) is 24.1 Å². The summed E-state index contributed by atoms with van der Waals surface area (Å²) in [5.41, 5.74) is 0.365. The first-order valence-corrected chi connectivity index (χ1v) is 9.88. The molecule has 0 aromatic heterocycles. The number of nitro groups is 1. The Labute approximate surface area is 179 Å². The van der Waals surface area contributed by atoms with Crippen molar-refractivity contribution in [3.05, 3.63) is 63.2 Å². The third kappa shape index (κ3) is 5.11. The van der Waals surface area contributed by atoms with Crippen LogP contribution in [0.15, 0.2) is 36.4 Å². The number of nitrogens with zero attached hydrogens (tertiary/aromatic N) is 1. The summed E-state index contributed by atoms with van der Waals surface area (Å²) in [7, 11) is 1.17. The smallest absolute Gasteiger partial charge is 0.338 e. The van der Waals surface area contributed by atoms with Crippen LogP contribution in [0.3, 0.4) is 0 Å². The average molecular weight is 428 g/mol. The van der Waals surface area contributed by atoms with E-state index < -0.39 is 22.8 Å². The monoisotopic (exact) mass is 428 g/mol. The van der Waals surface area contributed by atoms with E-state index in [9.17, 15) is 19.7 Å². The number of carbonyl (C=O) groups excluding carboxylic acids is 2. The number of carbonyl (C=O) groups is 2. The van der Waals surface area contributed by atoms with Gasteiger partial charge in [0.1, 0.15) is 0 Å². The zero-order valence-corrected chi connectivity index (χ0v) is 17.5. The highest BCUT2D eigenvalue weighted by molar-refractivity contribution is 5.99. The van der Waals surface area contributed by atoms with Gasteiger partial charge in [-0.3, -0.25) is 14.9 Å². The molecule has 2 aromatic rings. The third-order valence-corrected chi connectivity index (χ3v) is 4.90. The van der Waals surface area contributed by atoms with Gasteiger partial charge in [0.05, 0.1) is 36.9 Å². The largest absolute Gasteiger partial charge is 0.490 e. The minimum Gasteiger partial charge on any atom is -0.490 e. The molecular formula is C22H24N2O7. The van der Waals surface area contributed by atoms with Crippen LogP contribution in [-0.2, 0) is 4.74 Å². The van der Waals surface area contributed by atoms with Crippen LogP contribution in [0.1, 0.15) is 52.6 Å². The van der Waals surface area contributed by atoms with E-state index in [4.69, 9.17) is 9.47 Å². The molecule has 3 rings (SSSR count). The van der Waals surface area contributed by atoms with Crippen molar-refractivity contribution in [1.82, 2.24) is 5.32 Å². The highest BCUT2D eigenvalue weighted by Gasteiger charge is 2.24. The summed E-state index contributed by atoms with van der Waals surface area (Å²) in [5.74, 6) is -0.0390. The lowest BCUT2D eigenvalue weighted by atomic mass is 9.95. The van der Waals surface area contributed by atoms with E-state index in [1.54, 1.807) is 6.07 Å². The van der Waals surface area contributed by atoms with Gasteiger partial charge in [0.2, 0.25) is 0 Å². The molecule has 9 nitrogen and oxygen atoms in total. The molecule has 0 radical (unpaired) electrons. The number of benzene rings is 2. The van der Waals surface area contributed by atoms with Crippen LogP contribution in [-0.4, -0.2) is 37.1 Å². The van der Waals surface area contributed by atoms with Gasteiger partial charge in [0, 0.05) is 24.1 Å². The van der Waals surface area contributed by atoms with Gasteiger partial charge in [-0.15, -0.1) is 0 Å². The van der Waals surface area contributed by atoms with E-state index in [1.807, 2.05) is 26.0 Å². The number of esters is 1. The van der Waals surface area contributed by atoms with Crippen molar-refractivity contribution in [3.8, 4) is 11.5 Å². The van der Waals surface area contributed by atoms with E-state index >= 15 is 0 Å². The van der Waals surface area contributed by atoms with Gasteiger partial charge in [-0.2, -0.15) is 0 Å². The Hall–Kier alpha value is -3.62. The SMILES string of the molecule is COC(=O)c1cc(C(=O)NC(c2ccc3c(c2)OCCCO3)C(C)C)cc([N+](=O)[O-])c1. The first-order chi connectivity index (χ1) is 14.8. The Balaban J connectivity index is 1.91. The van der Waals surface area contributed by atoms with E-state index in [2.05, 4.69) is 10.1 Å². The summed E-state index contributed by atoms with van der Waals surface area (Å²) >= 11 is 0. The second-order valence-corrected chi connectivity index (χ2v) is 7.47. The number of fused-ring (bicyclic) bond motifs is 1. The molecule has 1 aliphatic rings. The maximum Gasteiger partial charge on any atom is 0.338 e. The van der Waals surface area contributed by atoms with Crippen molar-refractivity contribution in [1.29, 1.82) is 0 Å². The van der Waals surface area contributed by atoms with Crippen LogP contribution in [0.5, 0.6) is 11.5 Å². The Morgan fingerprint density at radius 2 is 1.74 bits per heavy atom. The summed E-state index contributed by atoms with van der Waals surface area (Å²) in [6, 6.07) is 8.58. The summed E-state index contributed by atoms with van der Waals surface area (Å²) in [6.07, 6.45) is 0.781. The molecule has 0 aliphatic carbocycles. The molecule has 2 aromatic carbocycles. The van der Waals surface area contributed by atoms with E-state index in [0.29, 0.717) is 24.7 Å². The third-order valence-electron chi connectivity index (χ3n) is 4.90. The fraction of sp³-hybridized carbons (Fsp3) is 0.364. The van der Waals surface area contributed by atoms with Gasteiger partial charge >= 0.3 is 5.97 Å². The van der Waals surface area contributed by atoms with Gasteiger partial charge in [-0.05, 0) is 29.7 Å². The molecule has 1 heterocycles. The maximum atomic E-state index is 13.0. The number of nitro benzene ring substituents is 1. The van der Waals surface area contributed by atoms with Crippen LogP contribution in [0.25, 0.3) is 0 Å². The minimum absolute atomic E-state index is 0.00501. The summed E-state index contributed by atoms with van der Waals surface area (Å²) in [5, 5.41) is 14.2. The lowest BCUT2D eigenvalue weighted by Crippen LogP contribution is -2.32. The normalized spacial score (nSPS) is 13.8. The predicted octanol–water partition coefficient (Wildman–Crippen LogP) is 3.67. The molecule has 0 spiro atoms. The number of non-ortho nitro benzene ring substituents is 1. The van der Waals surface area contributed by atoms with E-state index in [-0.39, 0.29) is 22.7 Å². The molecule has 1 unspecified atom stereocenters. The quantitative estimate of drug-likeness (QED) is 0.424. The topological polar surface area (TPSA) is 117 Å². The Bertz CT molecular complexity index is 1000. The van der Waals surface area contributed by atoms with Crippen LogP contribution < -0.4 is 14.8 Å². The minimum atomic E-state index is -0.763. The lowest BCUT2D eigenvalue weighted by molar-refractivity contribution is -0.384. The Morgan fingerprint density at radius 3 is 2.39 bits per heavy atom. The zero-order chi connectivity index (χ0) is 22.5. The Morgan fingerprint density at radius 1 is 1.06 bits per heavy atom. The van der Waals surface area contributed by atoms with Gasteiger partial charge < -0.3 is 19.5 Å². The predicted molar refractivity (Wildman–Crippen MR) is 112 cm³/mol. The molecule has 0 bridgehead atoms. The van der Waals surface area contributed by atoms with Crippen molar-refractivity contribution in [2.75, 3.05) is 20.3 Å². The molecule has 0 saturated carbocycles. The number of hydrogen-bond acceptors (Lipinski definition) is 7. The molecule has 1 N–H and O–H groups in total. The van der Waals surface area contributed by atoms with Gasteiger partial charge in [-0.1, -0.05) is 19.9 Å². The molecule has 1 amide bonds. The highest BCUT2D eigenvalue weighted by atomic mass is 16.6. The second-order valence-electron chi connectivity index (χ2n) is 7.47. The zero-order valence-electron chi connectivity index (χ0n) is 17.5. The van der Waals surface area contributed by atoms with Crippen molar-refractivity contribution < 1.29 is 28.7 Å². The number of nitrogens with one attached hydrogen (secondary N) is 1. The fourth-order valence-corrected chi connectivity index (χ4v) is 3.32. The van der Waals surface area contributed by atoms with Crippen molar-refractivity contribution in [2.45, 2.75) is 26.3 Å².